The van der Waals surface area contributed by atoms with Gasteiger partial charge >= 0.3 is 17.9 Å². The van der Waals surface area contributed by atoms with Crippen molar-refractivity contribution in [2.75, 3.05) is 47.5 Å². The Kier molecular flexibility index (Phi) is 67.2. The van der Waals surface area contributed by atoms with Crippen molar-refractivity contribution in [1.29, 1.82) is 0 Å². The average Bonchev–Trinajstić information content (AvgIpc) is 3.73. The number of carboxylic acids is 1. The first-order chi connectivity index (χ1) is 44.1. The third-order valence-electron chi connectivity index (χ3n) is 16.0. The molecule has 0 amide bonds. The molecule has 9 heteroatoms. The zero-order valence-corrected chi connectivity index (χ0v) is 59.0. The van der Waals surface area contributed by atoms with Crippen molar-refractivity contribution < 1.29 is 42.9 Å². The van der Waals surface area contributed by atoms with Gasteiger partial charge in [0.25, 0.3) is 6.29 Å². The summed E-state index contributed by atoms with van der Waals surface area (Å²) in [6.45, 7) is 4.76. The van der Waals surface area contributed by atoms with Crippen LogP contribution in [0.4, 0.5) is 0 Å². The van der Waals surface area contributed by atoms with Crippen molar-refractivity contribution in [3.05, 3.63) is 122 Å². The van der Waals surface area contributed by atoms with Gasteiger partial charge < -0.3 is 28.5 Å². The molecule has 0 aliphatic rings. The molecular formula is C81H140NO8+. The van der Waals surface area contributed by atoms with Gasteiger partial charge in [0.15, 0.2) is 6.10 Å². The summed E-state index contributed by atoms with van der Waals surface area (Å²) in [6, 6.07) is 0. The maximum absolute atomic E-state index is 13.0. The number of aliphatic carboxylic acids is 1. The van der Waals surface area contributed by atoms with Crippen LogP contribution in [0.15, 0.2) is 122 Å². The number of quaternary nitrogens is 1. The van der Waals surface area contributed by atoms with Gasteiger partial charge in [0.2, 0.25) is 0 Å². The molecule has 0 fully saturated rings. The molecule has 2 atom stereocenters. The Hall–Kier alpha value is -4.31. The van der Waals surface area contributed by atoms with E-state index in [0.717, 1.165) is 109 Å². The number of rotatable bonds is 68. The van der Waals surface area contributed by atoms with E-state index in [1.807, 2.05) is 21.1 Å². The second-order valence-electron chi connectivity index (χ2n) is 25.9. The van der Waals surface area contributed by atoms with Crippen molar-refractivity contribution in [1.82, 2.24) is 0 Å². The molecule has 0 aromatic rings. The Morgan fingerprint density at radius 1 is 0.344 bits per heavy atom. The van der Waals surface area contributed by atoms with E-state index in [4.69, 9.17) is 18.9 Å². The lowest BCUT2D eigenvalue weighted by Crippen LogP contribution is -2.40. The number of esters is 2. The molecule has 0 bridgehead atoms. The Labute approximate surface area is 555 Å². The van der Waals surface area contributed by atoms with Gasteiger partial charge in [-0.1, -0.05) is 334 Å². The molecule has 0 saturated heterocycles. The third-order valence-corrected chi connectivity index (χ3v) is 16.0. The maximum Gasteiger partial charge on any atom is 0.361 e. The Morgan fingerprint density at radius 3 is 0.944 bits per heavy atom. The van der Waals surface area contributed by atoms with Crippen LogP contribution in [0.25, 0.3) is 0 Å². The number of hydrogen-bond acceptors (Lipinski definition) is 7. The normalized spacial score (nSPS) is 13.4. The van der Waals surface area contributed by atoms with E-state index in [1.165, 1.54) is 173 Å². The van der Waals surface area contributed by atoms with E-state index in [2.05, 4.69) is 135 Å². The van der Waals surface area contributed by atoms with E-state index in [-0.39, 0.29) is 32.2 Å². The lowest BCUT2D eigenvalue weighted by atomic mass is 10.0. The fourth-order valence-electron chi connectivity index (χ4n) is 10.3. The molecule has 2 unspecified atom stereocenters. The highest BCUT2D eigenvalue weighted by molar-refractivity contribution is 5.71. The minimum Gasteiger partial charge on any atom is -0.477 e. The van der Waals surface area contributed by atoms with Gasteiger partial charge in [0.1, 0.15) is 13.2 Å². The van der Waals surface area contributed by atoms with E-state index in [9.17, 15) is 19.5 Å². The number of carbonyl (C=O) groups excluding carboxylic acids is 2. The van der Waals surface area contributed by atoms with E-state index >= 15 is 0 Å². The maximum atomic E-state index is 13.0. The van der Waals surface area contributed by atoms with E-state index in [1.54, 1.807) is 0 Å². The highest BCUT2D eigenvalue weighted by atomic mass is 16.7. The third kappa shape index (κ3) is 71.1. The van der Waals surface area contributed by atoms with Gasteiger partial charge in [-0.2, -0.15) is 0 Å². The van der Waals surface area contributed by atoms with Crippen molar-refractivity contribution in [2.24, 2.45) is 0 Å². The molecule has 0 aromatic carbocycles. The summed E-state index contributed by atoms with van der Waals surface area (Å²) < 4.78 is 23.0. The average molecular weight is 1260 g/mol. The van der Waals surface area contributed by atoms with Crippen molar-refractivity contribution in [2.45, 2.75) is 328 Å². The second kappa shape index (κ2) is 70.6. The molecule has 0 aromatic heterocycles. The molecule has 0 heterocycles. The molecule has 9 nitrogen and oxygen atoms in total. The number of hydrogen-bond donors (Lipinski definition) is 1. The molecule has 0 aliphatic carbocycles. The summed E-state index contributed by atoms with van der Waals surface area (Å²) in [5.41, 5.74) is 0. The summed E-state index contributed by atoms with van der Waals surface area (Å²) in [6.07, 6.45) is 97.6. The SMILES string of the molecule is CC/C=C\C/C=C\C/C=C\C/C=C\C/C=C\C/C=C\C/C=C\C/C=C\C/C=C\C/C=C\CCCCCCC(=O)OC(COC(=O)CCCCCCCCCCCCCCCCCCCCCCCCCCCCCCCC)COC(OCC[N+](C)(C)C)C(=O)O. The number of carbonyl (C=O) groups is 3. The monoisotopic (exact) mass is 1260 g/mol. The van der Waals surface area contributed by atoms with E-state index in [0.29, 0.717) is 23.9 Å². The molecule has 516 valence electrons. The van der Waals surface area contributed by atoms with Gasteiger partial charge in [-0.3, -0.25) is 9.59 Å². The standard InChI is InChI=1S/C81H139NO8/c1-6-8-10-12-14-16-18-20-22-24-26-28-30-32-34-36-38-39-40-41-42-44-46-48-50-52-54-56-58-60-62-64-66-68-70-72-79(84)90-77(76-89-81(80(85)86)87-74-73-82(3,4)5)75-88-78(83)71-69-67-65-63-61-59-57-55-53-51-49-47-45-43-37-35-33-31-29-27-25-23-21-19-17-15-13-11-9-7-2/h8,10,14,16,20,22,26,28,32,34,38-39,41-42,46,48,52,54,58,60,77,81H,6-7,9,11-13,15,17-19,21,23-25,27,29-31,33,35-37,40,43-45,47,49-51,53,55-57,59,61-76H2,1-5H3/p+1/b10-8-,16-14-,22-20-,28-26-,34-32-,39-38-,42-41-,48-46-,54-52-,60-58-. The van der Waals surface area contributed by atoms with Crippen LogP contribution in [-0.4, -0.2) is 87.4 Å². The second-order valence-corrected chi connectivity index (χ2v) is 25.9. The minimum absolute atomic E-state index is 0.178. The van der Waals surface area contributed by atoms with Gasteiger partial charge in [0, 0.05) is 12.8 Å². The van der Waals surface area contributed by atoms with Crippen molar-refractivity contribution >= 4 is 17.9 Å². The smallest absolute Gasteiger partial charge is 0.361 e. The first-order valence-electron chi connectivity index (χ1n) is 37.2. The predicted octanol–water partition coefficient (Wildman–Crippen LogP) is 23.5. The minimum atomic E-state index is -1.53. The summed E-state index contributed by atoms with van der Waals surface area (Å²) >= 11 is 0. The number of unbranched alkanes of at least 4 members (excludes halogenated alkanes) is 33. The first kappa shape index (κ1) is 85.7. The fraction of sp³-hybridized carbons (Fsp3) is 0.716. The van der Waals surface area contributed by atoms with Crippen LogP contribution in [0.5, 0.6) is 0 Å². The van der Waals surface area contributed by atoms with Gasteiger partial charge in [0.05, 0.1) is 34.4 Å². The summed E-state index contributed by atoms with van der Waals surface area (Å²) in [5.74, 6) is -2.04. The van der Waals surface area contributed by atoms with Crippen molar-refractivity contribution in [3.63, 3.8) is 0 Å². The first-order valence-corrected chi connectivity index (χ1v) is 37.2. The Balaban J connectivity index is 4.17. The molecule has 0 spiro atoms. The number of likely N-dealkylation sites (N-methyl/N-ethyl adjacent to an activating group) is 1. The van der Waals surface area contributed by atoms with Gasteiger partial charge in [-0.05, 0) is 89.9 Å². The van der Waals surface area contributed by atoms with Gasteiger partial charge in [-0.25, -0.2) is 4.79 Å². The molecule has 0 rings (SSSR count). The van der Waals surface area contributed by atoms with Crippen LogP contribution < -0.4 is 0 Å². The number of nitrogens with zero attached hydrogens (tertiary/aromatic N) is 1. The molecule has 90 heavy (non-hydrogen) atoms. The quantitative estimate of drug-likeness (QED) is 0.0211. The molecular weight excluding hydrogens is 1110 g/mol. The summed E-state index contributed by atoms with van der Waals surface area (Å²) in [4.78, 5) is 37.7. The molecule has 0 aliphatic heterocycles. The van der Waals surface area contributed by atoms with Crippen molar-refractivity contribution in [3.8, 4) is 0 Å². The van der Waals surface area contributed by atoms with Crippen LogP contribution in [0.1, 0.15) is 316 Å². The topological polar surface area (TPSA) is 108 Å². The Morgan fingerprint density at radius 2 is 0.633 bits per heavy atom. The summed E-state index contributed by atoms with van der Waals surface area (Å²) in [5, 5.41) is 9.76. The van der Waals surface area contributed by atoms with Gasteiger partial charge in [-0.15, -0.1) is 0 Å². The number of carboxylic acid groups (broad SMARTS) is 1. The lowest BCUT2D eigenvalue weighted by molar-refractivity contribution is -0.870. The molecule has 0 saturated carbocycles. The highest BCUT2D eigenvalue weighted by Gasteiger charge is 2.25. The van der Waals surface area contributed by atoms with Crippen LogP contribution in [-0.2, 0) is 33.3 Å². The summed E-state index contributed by atoms with van der Waals surface area (Å²) in [7, 11) is 5.97. The van der Waals surface area contributed by atoms with Crippen LogP contribution in [0.3, 0.4) is 0 Å². The number of ether oxygens (including phenoxy) is 4. The van der Waals surface area contributed by atoms with Crippen LogP contribution >= 0.6 is 0 Å². The van der Waals surface area contributed by atoms with E-state index < -0.39 is 24.3 Å². The Bertz CT molecular complexity index is 1900. The number of allylic oxidation sites excluding steroid dienone is 20. The molecule has 0 radical (unpaired) electrons. The fourth-order valence-corrected chi connectivity index (χ4v) is 10.3. The lowest BCUT2D eigenvalue weighted by Gasteiger charge is -2.25. The highest BCUT2D eigenvalue weighted by Crippen LogP contribution is 2.18. The van der Waals surface area contributed by atoms with Crippen LogP contribution in [0, 0.1) is 0 Å². The zero-order valence-electron chi connectivity index (χ0n) is 59.0. The molecule has 1 N–H and O–H groups in total. The predicted molar refractivity (Wildman–Crippen MR) is 387 cm³/mol. The zero-order chi connectivity index (χ0) is 65.4. The van der Waals surface area contributed by atoms with Crippen LogP contribution in [0.2, 0.25) is 0 Å². The largest absolute Gasteiger partial charge is 0.477 e.